The second-order valence-corrected chi connectivity index (χ2v) is 3.12. The van der Waals surface area contributed by atoms with Crippen molar-refractivity contribution in [1.82, 2.24) is 0 Å². The highest BCUT2D eigenvalue weighted by atomic mass is 16.5. The molecule has 2 rings (SSSR count). The second-order valence-electron chi connectivity index (χ2n) is 3.12. The normalized spacial score (nSPS) is 13.7. The number of carbonyl (C=O) groups is 1. The average molecular weight is 208 g/mol. The maximum atomic E-state index is 10.7. The van der Waals surface area contributed by atoms with E-state index in [9.17, 15) is 15.0 Å². The van der Waals surface area contributed by atoms with Crippen molar-refractivity contribution in [2.24, 2.45) is 0 Å². The van der Waals surface area contributed by atoms with Crippen molar-refractivity contribution in [3.05, 3.63) is 23.3 Å². The molecule has 0 spiro atoms. The van der Waals surface area contributed by atoms with Gasteiger partial charge in [-0.25, -0.2) is 4.79 Å². The summed E-state index contributed by atoms with van der Waals surface area (Å²) in [6, 6.07) is 2.76. The summed E-state index contributed by atoms with van der Waals surface area (Å²) in [5.41, 5.74) is 0.543. The van der Waals surface area contributed by atoms with Crippen LogP contribution in [0.3, 0.4) is 0 Å². The van der Waals surface area contributed by atoms with E-state index in [2.05, 4.69) is 0 Å². The van der Waals surface area contributed by atoms with Gasteiger partial charge in [-0.15, -0.1) is 0 Å². The number of ether oxygens (including phenoxy) is 1. The topological polar surface area (TPSA) is 87.0 Å². The molecule has 3 N–H and O–H groups in total. The molecule has 1 heterocycles. The Morgan fingerprint density at radius 3 is 2.73 bits per heavy atom. The molecule has 0 bridgehead atoms. The van der Waals surface area contributed by atoms with Crippen LogP contribution in [0.5, 0.6) is 17.2 Å². The van der Waals surface area contributed by atoms with Gasteiger partial charge >= 0.3 is 5.97 Å². The van der Waals surface area contributed by atoms with Crippen molar-refractivity contribution in [2.45, 2.75) is 0 Å². The third kappa shape index (κ3) is 1.48. The predicted octanol–water partition coefficient (Wildman–Crippen LogP) is 0.958. The van der Waals surface area contributed by atoms with E-state index in [0.717, 1.165) is 0 Å². The molecule has 78 valence electrons. The van der Waals surface area contributed by atoms with E-state index in [1.54, 1.807) is 0 Å². The summed E-state index contributed by atoms with van der Waals surface area (Å²) in [7, 11) is 0. The molecule has 0 atom stereocenters. The first-order valence-electron chi connectivity index (χ1n) is 4.21. The first-order chi connectivity index (χ1) is 7.09. The Morgan fingerprint density at radius 2 is 2.07 bits per heavy atom. The molecular formula is C10H8O5. The molecule has 0 unspecified atom stereocenters. The van der Waals surface area contributed by atoms with Crippen LogP contribution in [-0.2, 0) is 4.79 Å². The van der Waals surface area contributed by atoms with Gasteiger partial charge < -0.3 is 20.1 Å². The minimum absolute atomic E-state index is 0.104. The zero-order valence-corrected chi connectivity index (χ0v) is 7.60. The van der Waals surface area contributed by atoms with Crippen LogP contribution in [0.2, 0.25) is 0 Å². The number of fused-ring (bicyclic) bond motifs is 1. The third-order valence-electron chi connectivity index (χ3n) is 2.12. The molecule has 1 aliphatic heterocycles. The van der Waals surface area contributed by atoms with Gasteiger partial charge in [0.1, 0.15) is 6.61 Å². The van der Waals surface area contributed by atoms with E-state index >= 15 is 0 Å². The molecule has 1 aromatic carbocycles. The van der Waals surface area contributed by atoms with Crippen LogP contribution in [0.1, 0.15) is 5.56 Å². The Morgan fingerprint density at radius 1 is 1.33 bits per heavy atom. The number of aromatic hydroxyl groups is 2. The molecule has 0 aromatic heterocycles. The van der Waals surface area contributed by atoms with Gasteiger partial charge in [0.25, 0.3) is 0 Å². The first-order valence-corrected chi connectivity index (χ1v) is 4.21. The van der Waals surface area contributed by atoms with Gasteiger partial charge in [0.2, 0.25) is 5.75 Å². The lowest BCUT2D eigenvalue weighted by molar-refractivity contribution is -0.132. The molecule has 5 nitrogen and oxygen atoms in total. The van der Waals surface area contributed by atoms with Gasteiger partial charge in [-0.1, -0.05) is 0 Å². The van der Waals surface area contributed by atoms with Gasteiger partial charge in [-0.2, -0.15) is 0 Å². The monoisotopic (exact) mass is 208 g/mol. The fraction of sp³-hybridized carbons (Fsp3) is 0.100. The number of aliphatic carboxylic acids is 1. The molecule has 0 saturated carbocycles. The number of benzene rings is 1. The van der Waals surface area contributed by atoms with Crippen LogP contribution in [0.15, 0.2) is 17.7 Å². The van der Waals surface area contributed by atoms with E-state index in [4.69, 9.17) is 9.84 Å². The van der Waals surface area contributed by atoms with Crippen molar-refractivity contribution in [2.75, 3.05) is 6.61 Å². The number of hydrogen-bond acceptors (Lipinski definition) is 4. The Kier molecular flexibility index (Phi) is 2.00. The van der Waals surface area contributed by atoms with E-state index in [-0.39, 0.29) is 29.4 Å². The van der Waals surface area contributed by atoms with Crippen LogP contribution in [0.4, 0.5) is 0 Å². The number of phenolic OH excluding ortho intramolecular Hbond substituents is 2. The van der Waals surface area contributed by atoms with E-state index in [1.165, 1.54) is 18.2 Å². The van der Waals surface area contributed by atoms with Crippen molar-refractivity contribution >= 4 is 12.0 Å². The molecule has 0 fully saturated rings. The summed E-state index contributed by atoms with van der Waals surface area (Å²) in [4.78, 5) is 10.7. The zero-order chi connectivity index (χ0) is 11.0. The van der Waals surface area contributed by atoms with Crippen molar-refractivity contribution in [3.63, 3.8) is 0 Å². The van der Waals surface area contributed by atoms with Crippen LogP contribution in [0.25, 0.3) is 6.08 Å². The molecule has 15 heavy (non-hydrogen) atoms. The molecule has 1 aromatic rings. The number of rotatable bonds is 1. The highest BCUT2D eigenvalue weighted by molar-refractivity contribution is 5.94. The molecule has 5 heteroatoms. The summed E-state index contributed by atoms with van der Waals surface area (Å²) < 4.78 is 5.05. The zero-order valence-electron chi connectivity index (χ0n) is 7.60. The first kappa shape index (κ1) is 9.39. The fourth-order valence-electron chi connectivity index (χ4n) is 1.34. The molecule has 0 amide bonds. The maximum Gasteiger partial charge on any atom is 0.335 e. The van der Waals surface area contributed by atoms with Gasteiger partial charge in [0, 0.05) is 5.56 Å². The van der Waals surface area contributed by atoms with Crippen molar-refractivity contribution in [1.29, 1.82) is 0 Å². The molecular weight excluding hydrogens is 200 g/mol. The van der Waals surface area contributed by atoms with Gasteiger partial charge in [0.15, 0.2) is 11.5 Å². The number of hydrogen-bond donors (Lipinski definition) is 3. The maximum absolute atomic E-state index is 10.7. The van der Waals surface area contributed by atoms with Crippen molar-refractivity contribution in [3.8, 4) is 17.2 Å². The minimum Gasteiger partial charge on any atom is -0.504 e. The Hall–Kier alpha value is -2.17. The Balaban J connectivity index is 2.53. The SMILES string of the molecule is O=C(O)C1=Cc2ccc(O)c(O)c2OC1. The Labute approximate surface area is 84.9 Å². The molecule has 0 saturated heterocycles. The van der Waals surface area contributed by atoms with Crippen LogP contribution >= 0.6 is 0 Å². The highest BCUT2D eigenvalue weighted by Gasteiger charge is 2.20. The summed E-state index contributed by atoms with van der Waals surface area (Å²) in [6.07, 6.45) is 1.40. The van der Waals surface area contributed by atoms with Gasteiger partial charge in [-0.3, -0.25) is 0 Å². The number of phenols is 2. The van der Waals surface area contributed by atoms with Crippen LogP contribution < -0.4 is 4.74 Å². The fourth-order valence-corrected chi connectivity index (χ4v) is 1.34. The summed E-state index contributed by atoms with van der Waals surface area (Å²) >= 11 is 0. The van der Waals surface area contributed by atoms with Gasteiger partial charge in [0.05, 0.1) is 5.57 Å². The lowest BCUT2D eigenvalue weighted by Gasteiger charge is -2.17. The molecule has 0 aliphatic carbocycles. The van der Waals surface area contributed by atoms with Crippen LogP contribution in [0, 0.1) is 0 Å². The minimum atomic E-state index is -1.06. The smallest absolute Gasteiger partial charge is 0.335 e. The quantitative estimate of drug-likeness (QED) is 0.598. The standard InChI is InChI=1S/C10H8O5/c11-7-2-1-5-3-6(10(13)14)4-15-9(5)8(7)12/h1-3,11-12H,4H2,(H,13,14). The van der Waals surface area contributed by atoms with E-state index < -0.39 is 5.97 Å². The summed E-state index contributed by atoms with van der Waals surface area (Å²) in [5, 5.41) is 27.3. The lowest BCUT2D eigenvalue weighted by atomic mass is 10.1. The average Bonchev–Trinajstić information content (AvgIpc) is 2.23. The summed E-state index contributed by atoms with van der Waals surface area (Å²) in [6.45, 7) is -0.126. The third-order valence-corrected chi connectivity index (χ3v) is 2.12. The van der Waals surface area contributed by atoms with Gasteiger partial charge in [-0.05, 0) is 18.2 Å². The lowest BCUT2D eigenvalue weighted by Crippen LogP contribution is -2.14. The number of carboxylic acid groups (broad SMARTS) is 1. The highest BCUT2D eigenvalue weighted by Crippen LogP contribution is 2.41. The second kappa shape index (κ2) is 3.20. The largest absolute Gasteiger partial charge is 0.504 e. The Bertz CT molecular complexity index is 461. The summed E-state index contributed by atoms with van der Waals surface area (Å²) in [5.74, 6) is -1.61. The molecule has 0 radical (unpaired) electrons. The number of carboxylic acids is 1. The molecule has 1 aliphatic rings. The van der Waals surface area contributed by atoms with E-state index in [1.807, 2.05) is 0 Å². The van der Waals surface area contributed by atoms with Crippen molar-refractivity contribution < 1.29 is 24.9 Å². The van der Waals surface area contributed by atoms with Crippen LogP contribution in [-0.4, -0.2) is 27.9 Å². The predicted molar refractivity (Wildman–Crippen MR) is 50.9 cm³/mol. The van der Waals surface area contributed by atoms with E-state index in [0.29, 0.717) is 5.56 Å².